The molecule has 0 aliphatic carbocycles. The van der Waals surface area contributed by atoms with Crippen molar-refractivity contribution in [3.63, 3.8) is 0 Å². The van der Waals surface area contributed by atoms with Crippen molar-refractivity contribution in [1.82, 2.24) is 9.73 Å². The zero-order valence-corrected chi connectivity index (χ0v) is 21.0. The summed E-state index contributed by atoms with van der Waals surface area (Å²) in [5.41, 5.74) is 3.27. The molecule has 0 aromatic heterocycles. The number of hydrazone groups is 1. The number of carbonyl (C=O) groups is 1. The maximum Gasteiger partial charge on any atom is 0.243 e. The van der Waals surface area contributed by atoms with Crippen molar-refractivity contribution < 1.29 is 32.2 Å². The highest BCUT2D eigenvalue weighted by Gasteiger charge is 2.32. The van der Waals surface area contributed by atoms with Gasteiger partial charge < -0.3 is 18.9 Å². The van der Waals surface area contributed by atoms with E-state index in [4.69, 9.17) is 18.9 Å². The van der Waals surface area contributed by atoms with Gasteiger partial charge in [-0.2, -0.15) is 9.41 Å². The van der Waals surface area contributed by atoms with Crippen LogP contribution in [0.4, 0.5) is 0 Å². The lowest BCUT2D eigenvalue weighted by molar-refractivity contribution is -0.126. The molecule has 1 amide bonds. The number of amides is 1. The fourth-order valence-corrected chi connectivity index (χ4v) is 5.68. The molecule has 0 atom stereocenters. The van der Waals surface area contributed by atoms with E-state index in [9.17, 15) is 13.2 Å². The summed E-state index contributed by atoms with van der Waals surface area (Å²) in [5, 5.41) is 4.05. The maximum absolute atomic E-state index is 13.1. The van der Waals surface area contributed by atoms with Crippen molar-refractivity contribution in [1.29, 1.82) is 0 Å². The molecular formula is C22H24BrN3O7S. The summed E-state index contributed by atoms with van der Waals surface area (Å²) in [7, 11) is -0.786. The molecule has 0 unspecified atom stereocenters. The molecule has 12 heteroatoms. The highest BCUT2D eigenvalue weighted by Crippen LogP contribution is 2.36. The Bertz CT molecular complexity index is 1210. The zero-order chi connectivity index (χ0) is 24.3. The lowest BCUT2D eigenvalue weighted by Gasteiger charge is -2.30. The molecule has 4 rings (SSSR count). The largest absolute Gasteiger partial charge is 0.493 e. The van der Waals surface area contributed by atoms with Gasteiger partial charge in [0, 0.05) is 35.1 Å². The third kappa shape index (κ3) is 4.98. The first-order valence-electron chi connectivity index (χ1n) is 10.5. The van der Waals surface area contributed by atoms with Gasteiger partial charge in [-0.25, -0.2) is 13.8 Å². The van der Waals surface area contributed by atoms with Crippen molar-refractivity contribution in [2.24, 2.45) is 11.0 Å². The van der Waals surface area contributed by atoms with Crippen LogP contribution in [0.2, 0.25) is 0 Å². The topological polar surface area (TPSA) is 116 Å². The first kappa shape index (κ1) is 24.3. The number of halogens is 1. The number of methoxy groups -OCH3 is 2. The van der Waals surface area contributed by atoms with Crippen LogP contribution in [0.3, 0.4) is 0 Å². The van der Waals surface area contributed by atoms with Crippen LogP contribution in [0.1, 0.15) is 18.4 Å². The van der Waals surface area contributed by atoms with Crippen molar-refractivity contribution in [3.05, 3.63) is 40.4 Å². The predicted octanol–water partition coefficient (Wildman–Crippen LogP) is 2.75. The van der Waals surface area contributed by atoms with E-state index < -0.39 is 10.0 Å². The van der Waals surface area contributed by atoms with Crippen molar-refractivity contribution in [2.45, 2.75) is 17.7 Å². The number of sulfonamides is 1. The lowest BCUT2D eigenvalue weighted by Crippen LogP contribution is -2.42. The number of fused-ring (bicyclic) bond motifs is 1. The van der Waals surface area contributed by atoms with Crippen LogP contribution in [-0.2, 0) is 14.8 Å². The minimum atomic E-state index is -3.72. The third-order valence-electron chi connectivity index (χ3n) is 5.69. The molecule has 0 spiro atoms. The van der Waals surface area contributed by atoms with Gasteiger partial charge >= 0.3 is 0 Å². The summed E-state index contributed by atoms with van der Waals surface area (Å²) >= 11 is 3.44. The molecule has 0 saturated carbocycles. The first-order chi connectivity index (χ1) is 16.3. The quantitative estimate of drug-likeness (QED) is 0.414. The molecule has 0 radical (unpaired) electrons. The number of ether oxygens (including phenoxy) is 4. The van der Waals surface area contributed by atoms with Crippen LogP contribution in [-0.4, -0.2) is 58.9 Å². The summed E-state index contributed by atoms with van der Waals surface area (Å²) in [4.78, 5) is 12.7. The summed E-state index contributed by atoms with van der Waals surface area (Å²) in [6.07, 6.45) is 2.30. The fourth-order valence-electron chi connectivity index (χ4n) is 3.77. The molecule has 1 fully saturated rings. The minimum Gasteiger partial charge on any atom is -0.493 e. The van der Waals surface area contributed by atoms with Crippen LogP contribution in [0.25, 0.3) is 0 Å². The summed E-state index contributed by atoms with van der Waals surface area (Å²) in [6, 6.07) is 8.02. The van der Waals surface area contributed by atoms with Crippen LogP contribution < -0.4 is 24.4 Å². The molecule has 2 aromatic rings. The Morgan fingerprint density at radius 1 is 1.12 bits per heavy atom. The number of benzene rings is 2. The number of nitrogens with zero attached hydrogens (tertiary/aromatic N) is 2. The van der Waals surface area contributed by atoms with Gasteiger partial charge in [0.1, 0.15) is 0 Å². The van der Waals surface area contributed by atoms with E-state index >= 15 is 0 Å². The molecule has 2 aromatic carbocycles. The van der Waals surface area contributed by atoms with E-state index in [0.717, 1.165) is 10.0 Å². The third-order valence-corrected chi connectivity index (χ3v) is 8.27. The number of rotatable bonds is 7. The maximum atomic E-state index is 13.1. The Balaban J connectivity index is 1.34. The van der Waals surface area contributed by atoms with E-state index in [-0.39, 0.29) is 36.6 Å². The summed E-state index contributed by atoms with van der Waals surface area (Å²) in [6.45, 7) is 0.623. The van der Waals surface area contributed by atoms with E-state index in [2.05, 4.69) is 26.5 Å². The monoisotopic (exact) mass is 553 g/mol. The normalized spacial score (nSPS) is 16.6. The Labute approximate surface area is 206 Å². The van der Waals surface area contributed by atoms with Crippen molar-refractivity contribution >= 4 is 38.1 Å². The molecular weight excluding hydrogens is 530 g/mol. The highest BCUT2D eigenvalue weighted by molar-refractivity contribution is 9.10. The van der Waals surface area contributed by atoms with Crippen LogP contribution in [0.5, 0.6) is 23.0 Å². The van der Waals surface area contributed by atoms with Gasteiger partial charge in [-0.1, -0.05) is 0 Å². The number of hydrogen-bond acceptors (Lipinski definition) is 8. The molecule has 1 N–H and O–H groups in total. The second kappa shape index (κ2) is 10.2. The van der Waals surface area contributed by atoms with Crippen molar-refractivity contribution in [2.75, 3.05) is 34.1 Å². The summed E-state index contributed by atoms with van der Waals surface area (Å²) in [5.74, 6) is 1.45. The number of piperidine rings is 1. The van der Waals surface area contributed by atoms with Gasteiger partial charge in [-0.3, -0.25) is 4.79 Å². The zero-order valence-electron chi connectivity index (χ0n) is 18.6. The average Bonchev–Trinajstić information content (AvgIpc) is 3.30. The van der Waals surface area contributed by atoms with Crippen LogP contribution in [0, 0.1) is 5.92 Å². The molecule has 2 aliphatic rings. The molecule has 2 aliphatic heterocycles. The van der Waals surface area contributed by atoms with Crippen molar-refractivity contribution in [3.8, 4) is 23.0 Å². The van der Waals surface area contributed by atoms with Gasteiger partial charge in [0.05, 0.1) is 25.3 Å². The van der Waals surface area contributed by atoms with Gasteiger partial charge in [0.25, 0.3) is 0 Å². The molecule has 0 bridgehead atoms. The molecule has 182 valence electrons. The van der Waals surface area contributed by atoms with E-state index in [1.54, 1.807) is 18.2 Å². The van der Waals surface area contributed by atoms with E-state index in [0.29, 0.717) is 35.8 Å². The average molecular weight is 554 g/mol. The Morgan fingerprint density at radius 2 is 1.79 bits per heavy atom. The van der Waals surface area contributed by atoms with Gasteiger partial charge in [0.2, 0.25) is 22.7 Å². The van der Waals surface area contributed by atoms with Gasteiger partial charge in [0.15, 0.2) is 23.0 Å². The second-order valence-corrected chi connectivity index (χ2v) is 10.4. The van der Waals surface area contributed by atoms with Gasteiger partial charge in [-0.05, 0) is 53.0 Å². The number of carbonyl (C=O) groups excluding carboxylic acids is 1. The lowest BCUT2D eigenvalue weighted by atomic mass is 9.98. The summed E-state index contributed by atoms with van der Waals surface area (Å²) < 4.78 is 49.3. The highest BCUT2D eigenvalue weighted by atomic mass is 79.9. The standard InChI is InChI=1S/C22H24BrN3O7S/c1-30-18-4-3-16(10-19(18)31-2)34(28,29)26-7-5-14(6-8-26)22(27)25-24-12-15-9-20-21(11-17(15)23)33-13-32-20/h3-4,9-12,14H,5-8,13H2,1-2H3,(H,25,27)/b24-12-. The Morgan fingerprint density at radius 3 is 2.47 bits per heavy atom. The smallest absolute Gasteiger partial charge is 0.243 e. The Kier molecular flexibility index (Phi) is 7.29. The van der Waals surface area contributed by atoms with Gasteiger partial charge in [-0.15, -0.1) is 0 Å². The Hall–Kier alpha value is -2.83. The molecule has 10 nitrogen and oxygen atoms in total. The minimum absolute atomic E-state index is 0.118. The van der Waals surface area contributed by atoms with E-state index in [1.807, 2.05) is 0 Å². The molecule has 2 heterocycles. The molecule has 1 saturated heterocycles. The fraction of sp³-hybridized carbons (Fsp3) is 0.364. The first-order valence-corrected chi connectivity index (χ1v) is 12.7. The SMILES string of the molecule is COc1ccc(S(=O)(=O)N2CCC(C(=O)N/N=C\c3cc4c(cc3Br)OCO4)CC2)cc1OC. The van der Waals surface area contributed by atoms with Crippen LogP contribution in [0.15, 0.2) is 44.8 Å². The molecule has 34 heavy (non-hydrogen) atoms. The number of nitrogens with one attached hydrogen (secondary N) is 1. The predicted molar refractivity (Wildman–Crippen MR) is 127 cm³/mol. The second-order valence-electron chi connectivity index (χ2n) is 7.66. The van der Waals surface area contributed by atoms with Crippen LogP contribution >= 0.6 is 15.9 Å². The number of hydrogen-bond donors (Lipinski definition) is 1. The van der Waals surface area contributed by atoms with E-state index in [1.165, 1.54) is 36.9 Å².